The minimum atomic E-state index is -0.273. The summed E-state index contributed by atoms with van der Waals surface area (Å²) < 4.78 is 23.2. The minimum absolute atomic E-state index is 0.230. The van der Waals surface area contributed by atoms with Gasteiger partial charge >= 0.3 is 5.97 Å². The first-order chi connectivity index (χ1) is 9.74. The molecule has 1 aromatic carbocycles. The quantitative estimate of drug-likeness (QED) is 0.609. The van der Waals surface area contributed by atoms with E-state index in [1.54, 1.807) is 12.1 Å². The molecule has 0 bridgehead atoms. The Hall–Kier alpha value is -1.11. The first-order valence-corrected chi connectivity index (χ1v) is 7.68. The Balaban J connectivity index is 1.59. The Morgan fingerprint density at radius 3 is 2.70 bits per heavy atom. The summed E-state index contributed by atoms with van der Waals surface area (Å²) in [7, 11) is 0. The van der Waals surface area contributed by atoms with Gasteiger partial charge in [-0.25, -0.2) is 4.39 Å². The molecule has 0 spiro atoms. The van der Waals surface area contributed by atoms with E-state index >= 15 is 0 Å². The third-order valence-electron chi connectivity index (χ3n) is 3.09. The van der Waals surface area contributed by atoms with Crippen molar-refractivity contribution in [2.24, 2.45) is 0 Å². The second-order valence-electron chi connectivity index (χ2n) is 4.58. The number of carbonyl (C=O) groups is 1. The van der Waals surface area contributed by atoms with Crippen LogP contribution in [-0.2, 0) is 14.3 Å². The lowest BCUT2D eigenvalue weighted by Crippen LogP contribution is -3.14. The molecule has 4 nitrogen and oxygen atoms in total. The number of nitrogens with one attached hydrogen (secondary N) is 1. The molecule has 1 aliphatic heterocycles. The van der Waals surface area contributed by atoms with E-state index in [2.05, 4.69) is 0 Å². The number of carbonyl (C=O) groups excluding carboxylic acids is 1. The molecule has 0 amide bonds. The van der Waals surface area contributed by atoms with E-state index in [-0.39, 0.29) is 17.5 Å². The highest BCUT2D eigenvalue weighted by molar-refractivity contribution is 8.00. The number of thioether (sulfide) groups is 1. The lowest BCUT2D eigenvalue weighted by Gasteiger charge is -2.23. The number of rotatable bonds is 6. The highest BCUT2D eigenvalue weighted by Crippen LogP contribution is 2.17. The molecule has 1 saturated heterocycles. The topological polar surface area (TPSA) is 40.0 Å². The summed E-state index contributed by atoms with van der Waals surface area (Å²) in [6.07, 6.45) is 0. The lowest BCUT2D eigenvalue weighted by molar-refractivity contribution is -0.908. The highest BCUT2D eigenvalue weighted by Gasteiger charge is 2.14. The third-order valence-corrected chi connectivity index (χ3v) is 4.07. The van der Waals surface area contributed by atoms with Crippen molar-refractivity contribution in [3.05, 3.63) is 30.1 Å². The predicted molar refractivity (Wildman–Crippen MR) is 74.5 cm³/mol. The summed E-state index contributed by atoms with van der Waals surface area (Å²) >= 11 is 1.36. The van der Waals surface area contributed by atoms with Crippen LogP contribution in [0, 0.1) is 5.82 Å². The third kappa shape index (κ3) is 5.48. The molecule has 20 heavy (non-hydrogen) atoms. The molecule has 0 saturated carbocycles. The molecule has 1 aliphatic rings. The van der Waals surface area contributed by atoms with Crippen molar-refractivity contribution in [1.82, 2.24) is 0 Å². The van der Waals surface area contributed by atoms with E-state index in [9.17, 15) is 9.18 Å². The van der Waals surface area contributed by atoms with Gasteiger partial charge in [-0.2, -0.15) is 0 Å². The van der Waals surface area contributed by atoms with Crippen LogP contribution in [0.3, 0.4) is 0 Å². The molecule has 0 aliphatic carbocycles. The van der Waals surface area contributed by atoms with E-state index in [0.717, 1.165) is 37.7 Å². The summed E-state index contributed by atoms with van der Waals surface area (Å²) in [5.74, 6) is -0.248. The summed E-state index contributed by atoms with van der Waals surface area (Å²) in [6.45, 7) is 4.78. The van der Waals surface area contributed by atoms with Gasteiger partial charge in [0, 0.05) is 4.90 Å². The van der Waals surface area contributed by atoms with Gasteiger partial charge in [0.15, 0.2) is 0 Å². The number of benzene rings is 1. The van der Waals surface area contributed by atoms with Gasteiger partial charge in [0.1, 0.15) is 32.1 Å². The Morgan fingerprint density at radius 1 is 1.30 bits per heavy atom. The fourth-order valence-corrected chi connectivity index (χ4v) is 2.63. The average Bonchev–Trinajstić information content (AvgIpc) is 2.48. The standard InChI is InChI=1S/C14H18FNO3S/c15-12-1-3-13(4-2-12)20-11-14(17)19-10-7-16-5-8-18-9-6-16/h1-4H,5-11H2/p+1. The maximum absolute atomic E-state index is 12.7. The van der Waals surface area contributed by atoms with Gasteiger partial charge < -0.3 is 14.4 Å². The Labute approximate surface area is 122 Å². The number of hydrogen-bond acceptors (Lipinski definition) is 4. The smallest absolute Gasteiger partial charge is 0.316 e. The van der Waals surface area contributed by atoms with Gasteiger partial charge in [-0.3, -0.25) is 4.79 Å². The van der Waals surface area contributed by atoms with Crippen LogP contribution in [0.5, 0.6) is 0 Å². The van der Waals surface area contributed by atoms with Crippen LogP contribution in [0.1, 0.15) is 0 Å². The molecule has 110 valence electrons. The molecule has 0 atom stereocenters. The number of halogens is 1. The van der Waals surface area contributed by atoms with Crippen molar-refractivity contribution in [3.8, 4) is 0 Å². The van der Waals surface area contributed by atoms with Crippen molar-refractivity contribution >= 4 is 17.7 Å². The number of ether oxygens (including phenoxy) is 2. The number of esters is 1. The van der Waals surface area contributed by atoms with E-state index in [0.29, 0.717) is 6.61 Å². The van der Waals surface area contributed by atoms with Crippen LogP contribution < -0.4 is 4.90 Å². The van der Waals surface area contributed by atoms with Gasteiger partial charge in [-0.15, -0.1) is 11.8 Å². The van der Waals surface area contributed by atoms with Gasteiger partial charge in [-0.05, 0) is 24.3 Å². The molecule has 1 N–H and O–H groups in total. The fraction of sp³-hybridized carbons (Fsp3) is 0.500. The normalized spacial score (nSPS) is 16.1. The van der Waals surface area contributed by atoms with Crippen molar-refractivity contribution in [2.75, 3.05) is 45.2 Å². The van der Waals surface area contributed by atoms with Crippen LogP contribution in [0.4, 0.5) is 4.39 Å². The SMILES string of the molecule is O=C(CSc1ccc(F)cc1)OCC[NH+]1CCOCC1. The maximum atomic E-state index is 12.7. The van der Waals surface area contributed by atoms with Crippen molar-refractivity contribution in [1.29, 1.82) is 0 Å². The molecular weight excluding hydrogens is 281 g/mol. The predicted octanol–water partition coefficient (Wildman–Crippen LogP) is 0.376. The van der Waals surface area contributed by atoms with Crippen molar-refractivity contribution in [3.63, 3.8) is 0 Å². The van der Waals surface area contributed by atoms with Crippen molar-refractivity contribution < 1.29 is 23.6 Å². The van der Waals surface area contributed by atoms with Crippen LogP contribution in [-0.4, -0.2) is 51.2 Å². The summed E-state index contributed by atoms with van der Waals surface area (Å²) in [4.78, 5) is 13.8. The van der Waals surface area contributed by atoms with E-state index in [1.807, 2.05) is 0 Å². The molecule has 2 rings (SSSR count). The minimum Gasteiger partial charge on any atom is -0.459 e. The number of morpholine rings is 1. The van der Waals surface area contributed by atoms with Crippen molar-refractivity contribution in [2.45, 2.75) is 4.90 Å². The van der Waals surface area contributed by atoms with Crippen LogP contribution >= 0.6 is 11.8 Å². The average molecular weight is 300 g/mol. The Morgan fingerprint density at radius 2 is 2.00 bits per heavy atom. The Bertz CT molecular complexity index is 421. The molecular formula is C14H19FNO3S+. The zero-order valence-electron chi connectivity index (χ0n) is 11.3. The number of hydrogen-bond donors (Lipinski definition) is 1. The second-order valence-corrected chi connectivity index (χ2v) is 5.62. The summed E-state index contributed by atoms with van der Waals surface area (Å²) in [5.41, 5.74) is 0. The van der Waals surface area contributed by atoms with Crippen LogP contribution in [0.2, 0.25) is 0 Å². The monoisotopic (exact) mass is 300 g/mol. The Kier molecular flexibility index (Phi) is 6.29. The van der Waals surface area contributed by atoms with Crippen LogP contribution in [0.25, 0.3) is 0 Å². The molecule has 6 heteroatoms. The molecule has 0 radical (unpaired) electrons. The lowest BCUT2D eigenvalue weighted by atomic mass is 10.4. The van der Waals surface area contributed by atoms with Crippen LogP contribution in [0.15, 0.2) is 29.2 Å². The van der Waals surface area contributed by atoms with Gasteiger partial charge in [0.25, 0.3) is 0 Å². The zero-order valence-corrected chi connectivity index (χ0v) is 12.1. The molecule has 1 fully saturated rings. The zero-order chi connectivity index (χ0) is 14.2. The maximum Gasteiger partial charge on any atom is 0.316 e. The fourth-order valence-electron chi connectivity index (χ4n) is 1.93. The largest absolute Gasteiger partial charge is 0.459 e. The molecule has 0 aromatic heterocycles. The van der Waals surface area contributed by atoms with E-state index in [4.69, 9.17) is 9.47 Å². The molecule has 0 unspecified atom stereocenters. The molecule has 1 aromatic rings. The first-order valence-electron chi connectivity index (χ1n) is 6.69. The first kappa shape index (κ1) is 15.3. The van der Waals surface area contributed by atoms with Gasteiger partial charge in [0.2, 0.25) is 0 Å². The number of quaternary nitrogens is 1. The molecule has 1 heterocycles. The second kappa shape index (κ2) is 8.24. The summed E-state index contributed by atoms with van der Waals surface area (Å²) in [5, 5.41) is 0. The van der Waals surface area contributed by atoms with E-state index < -0.39 is 0 Å². The van der Waals surface area contributed by atoms with E-state index in [1.165, 1.54) is 28.8 Å². The highest BCUT2D eigenvalue weighted by atomic mass is 32.2. The van der Waals surface area contributed by atoms with Gasteiger partial charge in [0.05, 0.1) is 19.0 Å². The summed E-state index contributed by atoms with van der Waals surface area (Å²) in [6, 6.07) is 6.08. The van der Waals surface area contributed by atoms with Gasteiger partial charge in [-0.1, -0.05) is 0 Å².